The Morgan fingerprint density at radius 1 is 1.07 bits per heavy atom. The van der Waals surface area contributed by atoms with E-state index in [0.29, 0.717) is 28.7 Å². The van der Waals surface area contributed by atoms with Gasteiger partial charge in [-0.3, -0.25) is 4.79 Å². The Morgan fingerprint density at radius 2 is 1.79 bits per heavy atom. The normalized spacial score (nSPS) is 10.9. The topological polar surface area (TPSA) is 84.5 Å². The molecule has 3 rings (SSSR count). The average Bonchev–Trinajstić information content (AvgIpc) is 3.21. The van der Waals surface area contributed by atoms with Gasteiger partial charge in [0.1, 0.15) is 23.2 Å². The van der Waals surface area contributed by atoms with E-state index in [2.05, 4.69) is 21.2 Å². The molecule has 1 heterocycles. The van der Waals surface area contributed by atoms with Crippen molar-refractivity contribution >= 4 is 33.6 Å². The zero-order valence-corrected chi connectivity index (χ0v) is 17.3. The summed E-state index contributed by atoms with van der Waals surface area (Å²) >= 11 is 3.39. The first kappa shape index (κ1) is 20.2. The number of methoxy groups -OCH3 is 2. The van der Waals surface area contributed by atoms with Gasteiger partial charge in [0.25, 0.3) is 5.91 Å². The first-order valence-electron chi connectivity index (χ1n) is 8.55. The molecule has 0 fully saturated rings. The van der Waals surface area contributed by atoms with Crippen LogP contribution in [0.15, 0.2) is 69.1 Å². The molecular formula is C22H17BrN2O4. The van der Waals surface area contributed by atoms with Crippen LogP contribution >= 0.6 is 15.9 Å². The summed E-state index contributed by atoms with van der Waals surface area (Å²) < 4.78 is 17.1. The maximum Gasteiger partial charge on any atom is 0.266 e. The van der Waals surface area contributed by atoms with Gasteiger partial charge < -0.3 is 19.2 Å². The molecule has 3 aromatic rings. The summed E-state index contributed by atoms with van der Waals surface area (Å²) in [5.41, 5.74) is 1.28. The first-order valence-corrected chi connectivity index (χ1v) is 9.34. The molecule has 6 nitrogen and oxygen atoms in total. The van der Waals surface area contributed by atoms with Crippen LogP contribution in [0.2, 0.25) is 0 Å². The van der Waals surface area contributed by atoms with Gasteiger partial charge in [0.05, 0.1) is 14.2 Å². The highest BCUT2D eigenvalue weighted by Gasteiger charge is 2.13. The van der Waals surface area contributed by atoms with Crippen molar-refractivity contribution in [2.75, 3.05) is 19.5 Å². The number of nitriles is 1. The number of anilines is 1. The van der Waals surface area contributed by atoms with Crippen LogP contribution in [0.4, 0.5) is 5.69 Å². The van der Waals surface area contributed by atoms with Crippen molar-refractivity contribution in [3.05, 3.63) is 70.4 Å². The minimum atomic E-state index is -0.554. The van der Waals surface area contributed by atoms with Crippen LogP contribution in [0.1, 0.15) is 5.76 Å². The minimum absolute atomic E-state index is 0.0866. The first-order chi connectivity index (χ1) is 14.0. The molecule has 0 unspecified atom stereocenters. The fraction of sp³-hybridized carbons (Fsp3) is 0.0909. The molecule has 1 amide bonds. The summed E-state index contributed by atoms with van der Waals surface area (Å²) in [6, 6.07) is 18.0. The second-order valence-corrected chi connectivity index (χ2v) is 6.82. The fourth-order valence-electron chi connectivity index (χ4n) is 2.60. The maximum absolute atomic E-state index is 12.5. The lowest BCUT2D eigenvalue weighted by molar-refractivity contribution is -0.112. The summed E-state index contributed by atoms with van der Waals surface area (Å²) in [6.07, 6.45) is 1.40. The van der Waals surface area contributed by atoms with Gasteiger partial charge in [-0.2, -0.15) is 5.26 Å². The zero-order chi connectivity index (χ0) is 20.8. The summed E-state index contributed by atoms with van der Waals surface area (Å²) in [4.78, 5) is 12.5. The number of amides is 1. The third-order valence-electron chi connectivity index (χ3n) is 4.05. The molecular weight excluding hydrogens is 436 g/mol. The minimum Gasteiger partial charge on any atom is -0.493 e. The van der Waals surface area contributed by atoms with E-state index >= 15 is 0 Å². The van der Waals surface area contributed by atoms with Crippen molar-refractivity contribution in [2.45, 2.75) is 0 Å². The number of rotatable bonds is 6. The van der Waals surface area contributed by atoms with Crippen LogP contribution in [0, 0.1) is 11.3 Å². The van der Waals surface area contributed by atoms with Gasteiger partial charge in [0, 0.05) is 27.9 Å². The monoisotopic (exact) mass is 452 g/mol. The average molecular weight is 453 g/mol. The standard InChI is InChI=1S/C22H17BrN2O4/c1-27-20-9-7-17(12-21(20)28-2)25-22(26)15(13-24)11-18-8-10-19(29-18)14-3-5-16(23)6-4-14/h3-12H,1-2H3,(H,25,26)/b15-11+. The summed E-state index contributed by atoms with van der Waals surface area (Å²) in [5, 5.41) is 12.1. The highest BCUT2D eigenvalue weighted by Crippen LogP contribution is 2.30. The van der Waals surface area contributed by atoms with Gasteiger partial charge in [0.15, 0.2) is 11.5 Å². The van der Waals surface area contributed by atoms with E-state index < -0.39 is 5.91 Å². The van der Waals surface area contributed by atoms with Crippen LogP contribution in [0.3, 0.4) is 0 Å². The number of furan rings is 1. The number of halogens is 1. The fourth-order valence-corrected chi connectivity index (χ4v) is 2.87. The highest BCUT2D eigenvalue weighted by molar-refractivity contribution is 9.10. The molecule has 7 heteroatoms. The number of nitrogens with zero attached hydrogens (tertiary/aromatic N) is 1. The van der Waals surface area contributed by atoms with Gasteiger partial charge in [-0.05, 0) is 36.4 Å². The number of carbonyl (C=O) groups is 1. The maximum atomic E-state index is 12.5. The van der Waals surface area contributed by atoms with Crippen molar-refractivity contribution in [3.63, 3.8) is 0 Å². The van der Waals surface area contributed by atoms with Crippen LogP contribution < -0.4 is 14.8 Å². The summed E-state index contributed by atoms with van der Waals surface area (Å²) in [5.74, 6) is 1.50. The second-order valence-electron chi connectivity index (χ2n) is 5.90. The lowest BCUT2D eigenvalue weighted by Crippen LogP contribution is -2.13. The van der Waals surface area contributed by atoms with Gasteiger partial charge in [-0.1, -0.05) is 28.1 Å². The Kier molecular flexibility index (Phi) is 6.37. The van der Waals surface area contributed by atoms with E-state index in [1.165, 1.54) is 20.3 Å². The molecule has 0 aliphatic rings. The Bertz CT molecular complexity index is 1090. The molecule has 0 saturated heterocycles. The number of hydrogen-bond acceptors (Lipinski definition) is 5. The van der Waals surface area contributed by atoms with Crippen molar-refractivity contribution in [1.29, 1.82) is 5.26 Å². The lowest BCUT2D eigenvalue weighted by atomic mass is 10.2. The SMILES string of the molecule is COc1ccc(NC(=O)/C(C#N)=C/c2ccc(-c3ccc(Br)cc3)o2)cc1OC. The molecule has 1 aromatic heterocycles. The van der Waals surface area contributed by atoms with E-state index in [1.807, 2.05) is 30.3 Å². The molecule has 0 atom stereocenters. The molecule has 0 radical (unpaired) electrons. The number of nitrogens with one attached hydrogen (secondary N) is 1. The molecule has 2 aromatic carbocycles. The number of benzene rings is 2. The van der Waals surface area contributed by atoms with E-state index in [-0.39, 0.29) is 5.57 Å². The third-order valence-corrected chi connectivity index (χ3v) is 4.58. The molecule has 146 valence electrons. The summed E-state index contributed by atoms with van der Waals surface area (Å²) in [6.45, 7) is 0. The van der Waals surface area contributed by atoms with E-state index in [9.17, 15) is 10.1 Å². The highest BCUT2D eigenvalue weighted by atomic mass is 79.9. The van der Waals surface area contributed by atoms with Crippen molar-refractivity contribution in [3.8, 4) is 28.9 Å². The van der Waals surface area contributed by atoms with Crippen molar-refractivity contribution in [2.24, 2.45) is 0 Å². The van der Waals surface area contributed by atoms with E-state index in [1.54, 1.807) is 30.3 Å². The Hall–Kier alpha value is -3.50. The molecule has 0 spiro atoms. The Labute approximate surface area is 176 Å². The largest absolute Gasteiger partial charge is 0.493 e. The lowest BCUT2D eigenvalue weighted by Gasteiger charge is -2.10. The molecule has 0 bridgehead atoms. The second kappa shape index (κ2) is 9.13. The van der Waals surface area contributed by atoms with Crippen LogP contribution in [0.25, 0.3) is 17.4 Å². The molecule has 29 heavy (non-hydrogen) atoms. The predicted octanol–water partition coefficient (Wildman–Crippen LogP) is 5.27. The number of hydrogen-bond donors (Lipinski definition) is 1. The van der Waals surface area contributed by atoms with Gasteiger partial charge in [0.2, 0.25) is 0 Å². The third kappa shape index (κ3) is 4.86. The van der Waals surface area contributed by atoms with Gasteiger partial charge in [-0.25, -0.2) is 0 Å². The van der Waals surface area contributed by atoms with Crippen LogP contribution in [-0.2, 0) is 4.79 Å². The van der Waals surface area contributed by atoms with Gasteiger partial charge in [-0.15, -0.1) is 0 Å². The number of carbonyl (C=O) groups excluding carboxylic acids is 1. The predicted molar refractivity (Wildman–Crippen MR) is 114 cm³/mol. The van der Waals surface area contributed by atoms with Gasteiger partial charge >= 0.3 is 0 Å². The molecule has 0 saturated carbocycles. The van der Waals surface area contributed by atoms with Crippen LogP contribution in [0.5, 0.6) is 11.5 Å². The quantitative estimate of drug-likeness (QED) is 0.406. The molecule has 1 N–H and O–H groups in total. The Morgan fingerprint density at radius 3 is 2.45 bits per heavy atom. The van der Waals surface area contributed by atoms with Crippen molar-refractivity contribution < 1.29 is 18.7 Å². The molecule has 0 aliphatic heterocycles. The number of ether oxygens (including phenoxy) is 2. The van der Waals surface area contributed by atoms with E-state index in [4.69, 9.17) is 13.9 Å². The van der Waals surface area contributed by atoms with Crippen LogP contribution in [-0.4, -0.2) is 20.1 Å². The van der Waals surface area contributed by atoms with E-state index in [0.717, 1.165) is 10.0 Å². The van der Waals surface area contributed by atoms with Crippen molar-refractivity contribution in [1.82, 2.24) is 0 Å². The summed E-state index contributed by atoms with van der Waals surface area (Å²) in [7, 11) is 3.03. The Balaban J connectivity index is 1.79. The zero-order valence-electron chi connectivity index (χ0n) is 15.7. The smallest absolute Gasteiger partial charge is 0.266 e. The molecule has 0 aliphatic carbocycles.